The van der Waals surface area contributed by atoms with Crippen LogP contribution >= 0.6 is 0 Å². The van der Waals surface area contributed by atoms with Crippen LogP contribution in [-0.4, -0.2) is 55.6 Å². The lowest BCUT2D eigenvalue weighted by Crippen LogP contribution is -2.53. The van der Waals surface area contributed by atoms with Gasteiger partial charge in [0, 0.05) is 32.2 Å². The number of fused-ring (bicyclic) bond motifs is 2. The summed E-state index contributed by atoms with van der Waals surface area (Å²) in [6, 6.07) is 0.759. The van der Waals surface area contributed by atoms with Gasteiger partial charge in [-0.1, -0.05) is 13.3 Å². The molecule has 2 saturated carbocycles. The number of hydrogen-bond acceptors (Lipinski definition) is 3. The molecule has 0 amide bonds. The Hall–Kier alpha value is -0.130. The summed E-state index contributed by atoms with van der Waals surface area (Å²) >= 11 is 0. The number of sulfonamides is 1. The fourth-order valence-corrected chi connectivity index (χ4v) is 5.85. The molecule has 1 aliphatic heterocycles. The molecule has 0 spiro atoms. The largest absolute Gasteiger partial charge is 0.297 e. The third kappa shape index (κ3) is 2.69. The molecule has 5 heteroatoms. The summed E-state index contributed by atoms with van der Waals surface area (Å²) in [5.74, 6) is 2.18. The van der Waals surface area contributed by atoms with Crippen LogP contribution in [0, 0.1) is 11.8 Å². The SMILES string of the molecule is CCCS(=O)(=O)N1CCN(C2CC3CCC2C3)CC1. The molecule has 2 bridgehead atoms. The summed E-state index contributed by atoms with van der Waals surface area (Å²) in [5, 5.41) is 0. The van der Waals surface area contributed by atoms with Crippen molar-refractivity contribution in [3.63, 3.8) is 0 Å². The summed E-state index contributed by atoms with van der Waals surface area (Å²) in [7, 11) is -2.98. The Morgan fingerprint density at radius 2 is 1.79 bits per heavy atom. The Morgan fingerprint density at radius 1 is 1.05 bits per heavy atom. The minimum Gasteiger partial charge on any atom is -0.297 e. The molecule has 1 saturated heterocycles. The van der Waals surface area contributed by atoms with Gasteiger partial charge in [-0.3, -0.25) is 4.90 Å². The Labute approximate surface area is 117 Å². The second kappa shape index (κ2) is 5.34. The molecule has 1 heterocycles. The predicted molar refractivity (Wildman–Crippen MR) is 76.5 cm³/mol. The molecule has 3 rings (SSSR count). The normalized spacial score (nSPS) is 37.0. The fourth-order valence-electron chi connectivity index (χ4n) is 4.36. The van der Waals surface area contributed by atoms with E-state index in [1.54, 1.807) is 4.31 Å². The van der Waals surface area contributed by atoms with Crippen molar-refractivity contribution in [3.05, 3.63) is 0 Å². The fraction of sp³-hybridized carbons (Fsp3) is 1.00. The molecule has 4 nitrogen and oxygen atoms in total. The zero-order valence-electron chi connectivity index (χ0n) is 11.9. The lowest BCUT2D eigenvalue weighted by molar-refractivity contribution is 0.101. The summed E-state index contributed by atoms with van der Waals surface area (Å²) in [5.41, 5.74) is 0. The van der Waals surface area contributed by atoms with Crippen LogP contribution in [0.5, 0.6) is 0 Å². The maximum absolute atomic E-state index is 12.0. The highest BCUT2D eigenvalue weighted by Gasteiger charge is 2.43. The summed E-state index contributed by atoms with van der Waals surface area (Å²) < 4.78 is 25.8. The first kappa shape index (κ1) is 13.8. The number of nitrogens with zero attached hydrogens (tertiary/aromatic N) is 2. The number of hydrogen-bond donors (Lipinski definition) is 0. The van der Waals surface area contributed by atoms with Gasteiger partial charge < -0.3 is 0 Å². The van der Waals surface area contributed by atoms with Gasteiger partial charge in [-0.15, -0.1) is 0 Å². The Balaban J connectivity index is 1.55. The molecule has 3 unspecified atom stereocenters. The maximum atomic E-state index is 12.0. The van der Waals surface area contributed by atoms with Crippen molar-refractivity contribution in [2.75, 3.05) is 31.9 Å². The van der Waals surface area contributed by atoms with E-state index in [1.807, 2.05) is 6.92 Å². The van der Waals surface area contributed by atoms with Crippen molar-refractivity contribution in [3.8, 4) is 0 Å². The van der Waals surface area contributed by atoms with Gasteiger partial charge in [0.15, 0.2) is 0 Å². The van der Waals surface area contributed by atoms with E-state index in [2.05, 4.69) is 4.90 Å². The van der Waals surface area contributed by atoms with Crippen LogP contribution < -0.4 is 0 Å². The lowest BCUT2D eigenvalue weighted by atomic mass is 9.93. The van der Waals surface area contributed by atoms with E-state index in [9.17, 15) is 8.42 Å². The molecular formula is C14H26N2O2S. The molecule has 0 aromatic heterocycles. The minimum atomic E-state index is -2.98. The Kier molecular flexibility index (Phi) is 3.89. The van der Waals surface area contributed by atoms with Crippen LogP contribution in [0.2, 0.25) is 0 Å². The molecule has 0 N–H and O–H groups in total. The second-order valence-electron chi connectivity index (χ2n) is 6.49. The number of piperazine rings is 1. The smallest absolute Gasteiger partial charge is 0.214 e. The van der Waals surface area contributed by atoms with Crippen molar-refractivity contribution in [1.29, 1.82) is 0 Å². The quantitative estimate of drug-likeness (QED) is 0.787. The molecule has 0 radical (unpaired) electrons. The average Bonchev–Trinajstić information content (AvgIpc) is 3.01. The van der Waals surface area contributed by atoms with Gasteiger partial charge in [-0.2, -0.15) is 4.31 Å². The highest BCUT2D eigenvalue weighted by molar-refractivity contribution is 7.89. The van der Waals surface area contributed by atoms with Crippen molar-refractivity contribution in [2.24, 2.45) is 11.8 Å². The lowest BCUT2D eigenvalue weighted by Gasteiger charge is -2.40. The summed E-state index contributed by atoms with van der Waals surface area (Å²) in [4.78, 5) is 2.57. The van der Waals surface area contributed by atoms with Crippen LogP contribution in [0.15, 0.2) is 0 Å². The van der Waals surface area contributed by atoms with Crippen LogP contribution in [0.3, 0.4) is 0 Å². The molecule has 0 aromatic rings. The third-order valence-electron chi connectivity index (χ3n) is 5.30. The van der Waals surface area contributed by atoms with E-state index in [-0.39, 0.29) is 0 Å². The van der Waals surface area contributed by atoms with Gasteiger partial charge in [0.1, 0.15) is 0 Å². The van der Waals surface area contributed by atoms with Crippen molar-refractivity contribution < 1.29 is 8.42 Å². The van der Waals surface area contributed by atoms with Crippen LogP contribution in [0.4, 0.5) is 0 Å². The summed E-state index contributed by atoms with van der Waals surface area (Å²) in [6.45, 7) is 5.23. The molecule has 2 aliphatic carbocycles. The highest BCUT2D eigenvalue weighted by atomic mass is 32.2. The van der Waals surface area contributed by atoms with Gasteiger partial charge in [0.25, 0.3) is 0 Å². The third-order valence-corrected chi connectivity index (χ3v) is 7.37. The molecular weight excluding hydrogens is 260 g/mol. The van der Waals surface area contributed by atoms with E-state index in [1.165, 1.54) is 25.7 Å². The molecule has 19 heavy (non-hydrogen) atoms. The van der Waals surface area contributed by atoms with E-state index >= 15 is 0 Å². The minimum absolute atomic E-state index is 0.307. The Morgan fingerprint density at radius 3 is 2.32 bits per heavy atom. The van der Waals surface area contributed by atoms with Gasteiger partial charge >= 0.3 is 0 Å². The predicted octanol–water partition coefficient (Wildman–Crippen LogP) is 1.53. The van der Waals surface area contributed by atoms with Crippen molar-refractivity contribution in [2.45, 2.75) is 45.1 Å². The first-order valence-corrected chi connectivity index (χ1v) is 9.43. The van der Waals surface area contributed by atoms with Crippen LogP contribution in [-0.2, 0) is 10.0 Å². The standard InChI is InChI=1S/C14H26N2O2S/c1-2-9-19(17,18)16-7-5-15(6-8-16)14-11-12-3-4-13(14)10-12/h12-14H,2-11H2,1H3. The van der Waals surface area contributed by atoms with E-state index in [0.717, 1.165) is 37.4 Å². The molecule has 0 aromatic carbocycles. The van der Waals surface area contributed by atoms with E-state index < -0.39 is 10.0 Å². The first-order valence-electron chi connectivity index (χ1n) is 7.82. The van der Waals surface area contributed by atoms with E-state index in [0.29, 0.717) is 18.8 Å². The zero-order chi connectivity index (χ0) is 13.5. The monoisotopic (exact) mass is 286 g/mol. The second-order valence-corrected chi connectivity index (χ2v) is 8.58. The van der Waals surface area contributed by atoms with Gasteiger partial charge in [0.05, 0.1) is 5.75 Å². The summed E-state index contributed by atoms with van der Waals surface area (Å²) in [6.07, 6.45) is 6.36. The first-order chi connectivity index (χ1) is 9.10. The van der Waals surface area contributed by atoms with Crippen molar-refractivity contribution >= 4 is 10.0 Å². The Bertz CT molecular complexity index is 415. The molecule has 3 atom stereocenters. The van der Waals surface area contributed by atoms with E-state index in [4.69, 9.17) is 0 Å². The van der Waals surface area contributed by atoms with Gasteiger partial charge in [-0.25, -0.2) is 8.42 Å². The highest BCUT2D eigenvalue weighted by Crippen LogP contribution is 2.46. The topological polar surface area (TPSA) is 40.6 Å². The molecule has 110 valence electrons. The zero-order valence-corrected chi connectivity index (χ0v) is 12.7. The van der Waals surface area contributed by atoms with Crippen LogP contribution in [0.1, 0.15) is 39.0 Å². The van der Waals surface area contributed by atoms with Gasteiger partial charge in [0.2, 0.25) is 10.0 Å². The molecule has 3 aliphatic rings. The molecule has 3 fully saturated rings. The average molecular weight is 286 g/mol. The van der Waals surface area contributed by atoms with Crippen LogP contribution in [0.25, 0.3) is 0 Å². The van der Waals surface area contributed by atoms with Crippen molar-refractivity contribution in [1.82, 2.24) is 9.21 Å². The number of rotatable bonds is 4. The van der Waals surface area contributed by atoms with Gasteiger partial charge in [-0.05, 0) is 37.5 Å². The maximum Gasteiger partial charge on any atom is 0.214 e.